The topological polar surface area (TPSA) is 12.0 Å². The molecular weight excluding hydrogens is 251 g/mol. The molecule has 1 N–H and O–H groups in total. The van der Waals surface area contributed by atoms with Gasteiger partial charge in [-0.15, -0.1) is 0 Å². The molecule has 1 unspecified atom stereocenters. The SMILES string of the molecule is CCCNC(c1ccc(C(C)(C)C)cc1)C(F)(F)F. The Morgan fingerprint density at radius 3 is 1.95 bits per heavy atom. The highest BCUT2D eigenvalue weighted by Crippen LogP contribution is 2.33. The van der Waals surface area contributed by atoms with Crippen molar-refractivity contribution in [1.82, 2.24) is 5.32 Å². The number of halogens is 3. The monoisotopic (exact) mass is 273 g/mol. The first-order valence-corrected chi connectivity index (χ1v) is 6.56. The molecule has 1 atom stereocenters. The zero-order chi connectivity index (χ0) is 14.7. The Hall–Kier alpha value is -1.03. The number of rotatable bonds is 4. The van der Waals surface area contributed by atoms with E-state index in [2.05, 4.69) is 5.32 Å². The highest BCUT2D eigenvalue weighted by molar-refractivity contribution is 5.29. The van der Waals surface area contributed by atoms with Crippen LogP contribution in [0.5, 0.6) is 0 Å². The van der Waals surface area contributed by atoms with Crippen molar-refractivity contribution in [3.63, 3.8) is 0 Å². The average molecular weight is 273 g/mol. The van der Waals surface area contributed by atoms with Crippen LogP contribution in [0.2, 0.25) is 0 Å². The van der Waals surface area contributed by atoms with Gasteiger partial charge in [0, 0.05) is 0 Å². The van der Waals surface area contributed by atoms with Gasteiger partial charge in [0.05, 0.1) is 0 Å². The molecule has 0 aromatic heterocycles. The maximum atomic E-state index is 13.0. The van der Waals surface area contributed by atoms with Crippen LogP contribution in [0.25, 0.3) is 0 Å². The first kappa shape index (κ1) is 16.0. The lowest BCUT2D eigenvalue weighted by Gasteiger charge is -2.24. The summed E-state index contributed by atoms with van der Waals surface area (Å²) < 4.78 is 39.0. The molecule has 0 bridgehead atoms. The standard InChI is InChI=1S/C15H22F3N/c1-5-10-19-13(15(16,17)18)11-6-8-12(9-7-11)14(2,3)4/h6-9,13,19H,5,10H2,1-4H3. The third-order valence-corrected chi connectivity index (χ3v) is 3.04. The summed E-state index contributed by atoms with van der Waals surface area (Å²) in [5, 5.41) is 2.56. The summed E-state index contributed by atoms with van der Waals surface area (Å²) in [5.74, 6) is 0. The van der Waals surface area contributed by atoms with E-state index < -0.39 is 12.2 Å². The van der Waals surface area contributed by atoms with Crippen LogP contribution in [-0.2, 0) is 5.41 Å². The maximum absolute atomic E-state index is 13.0. The minimum Gasteiger partial charge on any atom is -0.302 e. The lowest BCUT2D eigenvalue weighted by atomic mass is 9.86. The molecule has 0 heterocycles. The number of alkyl halides is 3. The Morgan fingerprint density at radius 1 is 1.05 bits per heavy atom. The quantitative estimate of drug-likeness (QED) is 0.846. The van der Waals surface area contributed by atoms with Gasteiger partial charge in [-0.25, -0.2) is 0 Å². The number of hydrogen-bond donors (Lipinski definition) is 1. The van der Waals surface area contributed by atoms with Crippen LogP contribution in [0, 0.1) is 0 Å². The molecule has 0 aliphatic heterocycles. The van der Waals surface area contributed by atoms with E-state index in [4.69, 9.17) is 0 Å². The van der Waals surface area contributed by atoms with Crippen molar-refractivity contribution >= 4 is 0 Å². The molecule has 0 amide bonds. The van der Waals surface area contributed by atoms with Crippen molar-refractivity contribution in [2.75, 3.05) is 6.54 Å². The second-order valence-electron chi connectivity index (χ2n) is 5.80. The highest BCUT2D eigenvalue weighted by atomic mass is 19.4. The molecular formula is C15H22F3N. The molecule has 19 heavy (non-hydrogen) atoms. The summed E-state index contributed by atoms with van der Waals surface area (Å²) in [6, 6.07) is 5.12. The number of hydrogen-bond acceptors (Lipinski definition) is 1. The van der Waals surface area contributed by atoms with E-state index in [1.54, 1.807) is 24.3 Å². The molecule has 0 fully saturated rings. The lowest BCUT2D eigenvalue weighted by molar-refractivity contribution is -0.157. The van der Waals surface area contributed by atoms with E-state index in [0.717, 1.165) is 5.56 Å². The smallest absolute Gasteiger partial charge is 0.302 e. The van der Waals surface area contributed by atoms with Crippen LogP contribution in [0.3, 0.4) is 0 Å². The summed E-state index contributed by atoms with van der Waals surface area (Å²) >= 11 is 0. The van der Waals surface area contributed by atoms with Gasteiger partial charge in [0.25, 0.3) is 0 Å². The van der Waals surface area contributed by atoms with Gasteiger partial charge in [0.1, 0.15) is 6.04 Å². The van der Waals surface area contributed by atoms with Gasteiger partial charge in [-0.3, -0.25) is 0 Å². The molecule has 1 aromatic carbocycles. The minimum absolute atomic E-state index is 0.0525. The van der Waals surface area contributed by atoms with Gasteiger partial charge in [-0.05, 0) is 29.5 Å². The third-order valence-electron chi connectivity index (χ3n) is 3.04. The van der Waals surface area contributed by atoms with Gasteiger partial charge in [0.15, 0.2) is 0 Å². The lowest BCUT2D eigenvalue weighted by Crippen LogP contribution is -2.34. The first-order valence-electron chi connectivity index (χ1n) is 6.56. The predicted octanol–water partition coefficient (Wildman–Crippen LogP) is 4.59. The van der Waals surface area contributed by atoms with Gasteiger partial charge in [-0.1, -0.05) is 52.0 Å². The zero-order valence-electron chi connectivity index (χ0n) is 11.9. The molecule has 108 valence electrons. The van der Waals surface area contributed by atoms with Crippen molar-refractivity contribution in [3.05, 3.63) is 35.4 Å². The zero-order valence-corrected chi connectivity index (χ0v) is 11.9. The Morgan fingerprint density at radius 2 is 1.58 bits per heavy atom. The maximum Gasteiger partial charge on any atom is 0.407 e. The predicted molar refractivity (Wildman–Crippen MR) is 72.2 cm³/mol. The summed E-state index contributed by atoms with van der Waals surface area (Å²) in [7, 11) is 0. The Balaban J connectivity index is 2.98. The fourth-order valence-electron chi connectivity index (χ4n) is 1.89. The molecule has 1 nitrogen and oxygen atoms in total. The summed E-state index contributed by atoms with van der Waals surface area (Å²) in [6.07, 6.45) is -3.59. The van der Waals surface area contributed by atoms with Gasteiger partial charge in [0.2, 0.25) is 0 Å². The molecule has 0 aliphatic carbocycles. The van der Waals surface area contributed by atoms with Crippen molar-refractivity contribution in [1.29, 1.82) is 0 Å². The van der Waals surface area contributed by atoms with Crippen molar-refractivity contribution < 1.29 is 13.2 Å². The summed E-state index contributed by atoms with van der Waals surface area (Å²) in [6.45, 7) is 8.32. The molecule has 0 radical (unpaired) electrons. The minimum atomic E-state index is -4.27. The van der Waals surface area contributed by atoms with Crippen LogP contribution in [-0.4, -0.2) is 12.7 Å². The van der Waals surface area contributed by atoms with Gasteiger partial charge in [-0.2, -0.15) is 13.2 Å². The fourth-order valence-corrected chi connectivity index (χ4v) is 1.89. The van der Waals surface area contributed by atoms with Crippen molar-refractivity contribution in [3.8, 4) is 0 Å². The van der Waals surface area contributed by atoms with E-state index in [1.807, 2.05) is 27.7 Å². The van der Waals surface area contributed by atoms with Crippen molar-refractivity contribution in [2.24, 2.45) is 0 Å². The van der Waals surface area contributed by atoms with E-state index >= 15 is 0 Å². The number of nitrogens with one attached hydrogen (secondary N) is 1. The van der Waals surface area contributed by atoms with E-state index in [0.29, 0.717) is 13.0 Å². The molecule has 0 saturated carbocycles. The Kier molecular flexibility index (Phi) is 5.02. The molecule has 0 spiro atoms. The first-order chi connectivity index (χ1) is 8.66. The van der Waals surface area contributed by atoms with Crippen LogP contribution in [0.4, 0.5) is 13.2 Å². The Bertz CT molecular complexity index is 387. The highest BCUT2D eigenvalue weighted by Gasteiger charge is 2.40. The average Bonchev–Trinajstić information content (AvgIpc) is 2.27. The molecule has 1 aromatic rings. The molecule has 0 aliphatic rings. The van der Waals surface area contributed by atoms with Crippen LogP contribution in [0.15, 0.2) is 24.3 Å². The normalized spacial score (nSPS) is 14.5. The van der Waals surface area contributed by atoms with E-state index in [-0.39, 0.29) is 11.0 Å². The third kappa shape index (κ3) is 4.53. The fraction of sp³-hybridized carbons (Fsp3) is 0.600. The molecule has 0 saturated heterocycles. The van der Waals surface area contributed by atoms with Crippen LogP contribution >= 0.6 is 0 Å². The van der Waals surface area contributed by atoms with Gasteiger partial charge < -0.3 is 5.32 Å². The van der Waals surface area contributed by atoms with Crippen LogP contribution in [0.1, 0.15) is 51.3 Å². The van der Waals surface area contributed by atoms with Crippen molar-refractivity contribution in [2.45, 2.75) is 51.7 Å². The molecule has 1 rings (SSSR count). The largest absolute Gasteiger partial charge is 0.407 e. The summed E-state index contributed by atoms with van der Waals surface area (Å²) in [4.78, 5) is 0. The molecule has 4 heteroatoms. The number of benzene rings is 1. The second-order valence-corrected chi connectivity index (χ2v) is 5.80. The van der Waals surface area contributed by atoms with E-state index in [9.17, 15) is 13.2 Å². The Labute approximate surface area is 113 Å². The van der Waals surface area contributed by atoms with E-state index in [1.165, 1.54) is 0 Å². The second kappa shape index (κ2) is 5.95. The van der Waals surface area contributed by atoms with Gasteiger partial charge >= 0.3 is 6.18 Å². The van der Waals surface area contributed by atoms with Crippen LogP contribution < -0.4 is 5.32 Å². The summed E-state index contributed by atoms with van der Waals surface area (Å²) in [5.41, 5.74) is 1.25.